The van der Waals surface area contributed by atoms with E-state index in [-0.39, 0.29) is 0 Å². The minimum Gasteiger partial charge on any atom is -0.217 e. The lowest BCUT2D eigenvalue weighted by Crippen LogP contribution is -1.83. The van der Waals surface area contributed by atoms with Crippen molar-refractivity contribution in [3.63, 3.8) is 0 Å². The molecule has 0 aliphatic rings. The maximum atomic E-state index is 4.60. The fourth-order valence-corrected chi connectivity index (χ4v) is 2.56. The molecule has 86 valence electrons. The van der Waals surface area contributed by atoms with E-state index in [0.29, 0.717) is 0 Å². The third kappa shape index (κ3) is 1.85. The molecule has 0 fully saturated rings. The molecular weight excluding hydrogens is 230 g/mol. The molecule has 0 atom stereocenters. The Labute approximate surface area is 104 Å². The van der Waals surface area contributed by atoms with Crippen molar-refractivity contribution in [1.29, 1.82) is 0 Å². The Kier molecular flexibility index (Phi) is 2.44. The minimum atomic E-state index is 0.966. The highest BCUT2D eigenvalue weighted by molar-refractivity contribution is 7.16. The highest BCUT2D eigenvalue weighted by Crippen LogP contribution is 2.22. The molecule has 3 nitrogen and oxygen atoms in total. The lowest BCUT2D eigenvalue weighted by Gasteiger charge is -1.96. The molecule has 0 radical (unpaired) electrons. The Balaban J connectivity index is 2.06. The summed E-state index contributed by atoms with van der Waals surface area (Å²) < 4.78 is 1.87. The van der Waals surface area contributed by atoms with E-state index in [0.717, 1.165) is 27.6 Å². The number of imidazole rings is 1. The Morgan fingerprint density at radius 1 is 1.24 bits per heavy atom. The van der Waals surface area contributed by atoms with Crippen LogP contribution in [-0.4, -0.2) is 14.6 Å². The van der Waals surface area contributed by atoms with Crippen LogP contribution in [0.2, 0.25) is 0 Å². The van der Waals surface area contributed by atoms with Crippen LogP contribution >= 0.6 is 11.3 Å². The number of hydrogen-bond acceptors (Lipinski definition) is 3. The zero-order chi connectivity index (χ0) is 11.8. The van der Waals surface area contributed by atoms with Gasteiger partial charge in [0.25, 0.3) is 0 Å². The third-order valence-corrected chi connectivity index (χ3v) is 3.80. The van der Waals surface area contributed by atoms with Gasteiger partial charge in [-0.05, 0) is 13.3 Å². The molecule has 2 aromatic heterocycles. The van der Waals surface area contributed by atoms with Crippen LogP contribution in [0.15, 0.2) is 30.5 Å². The fourth-order valence-electron chi connectivity index (χ4n) is 1.75. The van der Waals surface area contributed by atoms with Crippen LogP contribution in [0.3, 0.4) is 0 Å². The zero-order valence-electron chi connectivity index (χ0n) is 9.84. The van der Waals surface area contributed by atoms with Crippen molar-refractivity contribution in [2.45, 2.75) is 20.3 Å². The van der Waals surface area contributed by atoms with Gasteiger partial charge in [0.1, 0.15) is 5.01 Å². The third-order valence-electron chi connectivity index (χ3n) is 2.73. The van der Waals surface area contributed by atoms with Crippen LogP contribution in [0.5, 0.6) is 0 Å². The van der Waals surface area contributed by atoms with Gasteiger partial charge in [-0.1, -0.05) is 48.1 Å². The van der Waals surface area contributed by atoms with Crippen LogP contribution in [0.4, 0.5) is 0 Å². The number of nitrogens with zero attached hydrogens (tertiary/aromatic N) is 3. The molecule has 0 unspecified atom stereocenters. The molecule has 0 N–H and O–H groups in total. The molecule has 0 aliphatic carbocycles. The first-order chi connectivity index (χ1) is 8.26. The van der Waals surface area contributed by atoms with Crippen LogP contribution < -0.4 is 0 Å². The molecule has 0 saturated carbocycles. The molecule has 3 aromatic rings. The van der Waals surface area contributed by atoms with Gasteiger partial charge in [0.05, 0.1) is 11.9 Å². The molecule has 0 bridgehead atoms. The predicted octanol–water partition coefficient (Wildman–Crippen LogP) is 3.33. The molecule has 0 aliphatic heterocycles. The summed E-state index contributed by atoms with van der Waals surface area (Å²) in [6.45, 7) is 4.20. The van der Waals surface area contributed by atoms with Gasteiger partial charge < -0.3 is 0 Å². The van der Waals surface area contributed by atoms with Gasteiger partial charge >= 0.3 is 0 Å². The maximum Gasteiger partial charge on any atom is 0.212 e. The Hall–Kier alpha value is -1.68. The van der Waals surface area contributed by atoms with Gasteiger partial charge in [0.15, 0.2) is 0 Å². The molecule has 1 aromatic carbocycles. The highest BCUT2D eigenvalue weighted by atomic mass is 32.1. The van der Waals surface area contributed by atoms with Crippen molar-refractivity contribution >= 4 is 16.3 Å². The number of aromatic nitrogens is 3. The quantitative estimate of drug-likeness (QED) is 0.691. The van der Waals surface area contributed by atoms with Gasteiger partial charge in [0, 0.05) is 5.56 Å². The minimum absolute atomic E-state index is 0.966. The topological polar surface area (TPSA) is 30.2 Å². The summed E-state index contributed by atoms with van der Waals surface area (Å²) in [5, 5.41) is 5.60. The molecule has 17 heavy (non-hydrogen) atoms. The van der Waals surface area contributed by atoms with Crippen LogP contribution in [0, 0.1) is 6.92 Å². The average molecular weight is 243 g/mol. The number of fused-ring (bicyclic) bond motifs is 1. The number of rotatable bonds is 2. The molecular formula is C13H13N3S. The Morgan fingerprint density at radius 3 is 2.65 bits per heavy atom. The predicted molar refractivity (Wildman–Crippen MR) is 70.4 cm³/mol. The first-order valence-electron chi connectivity index (χ1n) is 5.68. The van der Waals surface area contributed by atoms with Crippen molar-refractivity contribution in [1.82, 2.24) is 14.6 Å². The molecule has 3 rings (SSSR count). The summed E-state index contributed by atoms with van der Waals surface area (Å²) in [5.41, 5.74) is 3.40. The first-order valence-corrected chi connectivity index (χ1v) is 6.50. The SMILES string of the molecule is CCc1nn2cc(-c3ccc(C)cc3)nc2s1. The van der Waals surface area contributed by atoms with Gasteiger partial charge in [0.2, 0.25) is 4.96 Å². The average Bonchev–Trinajstić information content (AvgIpc) is 2.87. The van der Waals surface area contributed by atoms with Crippen molar-refractivity contribution in [2.75, 3.05) is 0 Å². The number of aryl methyl sites for hydroxylation is 2. The number of benzene rings is 1. The second-order valence-electron chi connectivity index (χ2n) is 4.07. The fraction of sp³-hybridized carbons (Fsp3) is 0.231. The zero-order valence-corrected chi connectivity index (χ0v) is 10.7. The second kappa shape index (κ2) is 3.96. The monoisotopic (exact) mass is 243 g/mol. The van der Waals surface area contributed by atoms with Gasteiger partial charge in [-0.25, -0.2) is 9.50 Å². The van der Waals surface area contributed by atoms with E-state index in [1.807, 2.05) is 10.7 Å². The first kappa shape index (κ1) is 10.5. The molecule has 2 heterocycles. The largest absolute Gasteiger partial charge is 0.217 e. The summed E-state index contributed by atoms with van der Waals surface area (Å²) >= 11 is 1.66. The summed E-state index contributed by atoms with van der Waals surface area (Å²) in [5.74, 6) is 0. The van der Waals surface area contributed by atoms with Gasteiger partial charge in [-0.3, -0.25) is 0 Å². The van der Waals surface area contributed by atoms with Crippen molar-refractivity contribution in [3.8, 4) is 11.3 Å². The molecule has 0 spiro atoms. The summed E-state index contributed by atoms with van der Waals surface area (Å²) in [7, 11) is 0. The number of hydrogen-bond donors (Lipinski definition) is 0. The highest BCUT2D eigenvalue weighted by Gasteiger charge is 2.08. The smallest absolute Gasteiger partial charge is 0.212 e. The van der Waals surface area contributed by atoms with Crippen molar-refractivity contribution < 1.29 is 0 Å². The van der Waals surface area contributed by atoms with Gasteiger partial charge in [-0.2, -0.15) is 5.10 Å². The van der Waals surface area contributed by atoms with E-state index in [9.17, 15) is 0 Å². The van der Waals surface area contributed by atoms with Gasteiger partial charge in [-0.15, -0.1) is 0 Å². The summed E-state index contributed by atoms with van der Waals surface area (Å²) in [4.78, 5) is 5.57. The van der Waals surface area contributed by atoms with Crippen LogP contribution in [0.25, 0.3) is 16.2 Å². The normalized spacial score (nSPS) is 11.2. The van der Waals surface area contributed by atoms with E-state index < -0.39 is 0 Å². The summed E-state index contributed by atoms with van der Waals surface area (Å²) in [6.07, 6.45) is 2.96. The standard InChI is InChI=1S/C13H13N3S/c1-3-12-15-16-8-11(14-13(16)17-12)10-6-4-9(2)5-7-10/h4-8H,3H2,1-2H3. The van der Waals surface area contributed by atoms with Crippen molar-refractivity contribution in [3.05, 3.63) is 41.0 Å². The van der Waals surface area contributed by atoms with E-state index >= 15 is 0 Å². The Bertz CT molecular complexity index is 617. The Morgan fingerprint density at radius 2 is 2.00 bits per heavy atom. The molecule has 0 amide bonds. The van der Waals surface area contributed by atoms with Crippen molar-refractivity contribution in [2.24, 2.45) is 0 Å². The van der Waals surface area contributed by atoms with E-state index in [2.05, 4.69) is 48.2 Å². The van der Waals surface area contributed by atoms with E-state index in [1.54, 1.807) is 11.3 Å². The maximum absolute atomic E-state index is 4.60. The second-order valence-corrected chi connectivity index (χ2v) is 5.11. The molecule has 0 saturated heterocycles. The molecule has 4 heteroatoms. The lowest BCUT2D eigenvalue weighted by atomic mass is 10.1. The van der Waals surface area contributed by atoms with Crippen LogP contribution in [-0.2, 0) is 6.42 Å². The van der Waals surface area contributed by atoms with E-state index in [4.69, 9.17) is 0 Å². The lowest BCUT2D eigenvalue weighted by molar-refractivity contribution is 0.910. The van der Waals surface area contributed by atoms with E-state index in [1.165, 1.54) is 5.56 Å². The van der Waals surface area contributed by atoms with Crippen LogP contribution in [0.1, 0.15) is 17.5 Å². The summed E-state index contributed by atoms with van der Waals surface area (Å²) in [6, 6.07) is 8.41.